The van der Waals surface area contributed by atoms with Crippen LogP contribution in [-0.2, 0) is 4.79 Å². The van der Waals surface area contributed by atoms with E-state index in [-0.39, 0.29) is 18.4 Å². The quantitative estimate of drug-likeness (QED) is 0.769. The third-order valence-corrected chi connectivity index (χ3v) is 3.19. The Labute approximate surface area is 110 Å². The van der Waals surface area contributed by atoms with Gasteiger partial charge in [0, 0.05) is 28.7 Å². The molecular weight excluding hydrogens is 242 g/mol. The van der Waals surface area contributed by atoms with Crippen LogP contribution in [0.15, 0.2) is 30.5 Å². The largest absolute Gasteiger partial charge is 0.361 e. The Hall–Kier alpha value is -2.30. The monoisotopic (exact) mass is 257 g/mol. The van der Waals surface area contributed by atoms with Gasteiger partial charge in [-0.3, -0.25) is 9.59 Å². The number of rotatable bonds is 4. The second-order valence-electron chi connectivity index (χ2n) is 4.77. The summed E-state index contributed by atoms with van der Waals surface area (Å²) in [6, 6.07) is 7.65. The van der Waals surface area contributed by atoms with Crippen LogP contribution in [0.25, 0.3) is 10.9 Å². The number of carbonyl (C=O) groups excluding carboxylic acids is 2. The van der Waals surface area contributed by atoms with Gasteiger partial charge in [0.15, 0.2) is 0 Å². The summed E-state index contributed by atoms with van der Waals surface area (Å²) < 4.78 is 0. The molecule has 0 spiro atoms. The lowest BCUT2D eigenvalue weighted by atomic mass is 10.1. The molecule has 0 saturated heterocycles. The molecule has 0 radical (unpaired) electrons. The van der Waals surface area contributed by atoms with E-state index in [0.29, 0.717) is 11.6 Å². The third kappa shape index (κ3) is 2.59. The number of benzene rings is 1. The van der Waals surface area contributed by atoms with Crippen LogP contribution >= 0.6 is 0 Å². The van der Waals surface area contributed by atoms with Crippen LogP contribution in [0.3, 0.4) is 0 Å². The molecule has 1 heterocycles. The van der Waals surface area contributed by atoms with Crippen LogP contribution in [0.5, 0.6) is 0 Å². The summed E-state index contributed by atoms with van der Waals surface area (Å²) in [5, 5.41) is 6.35. The number of amides is 2. The molecule has 5 heteroatoms. The van der Waals surface area contributed by atoms with E-state index in [1.54, 1.807) is 12.3 Å². The smallest absolute Gasteiger partial charge is 0.252 e. The van der Waals surface area contributed by atoms with Crippen molar-refractivity contribution in [3.63, 3.8) is 0 Å². The van der Waals surface area contributed by atoms with Crippen molar-refractivity contribution in [2.75, 3.05) is 6.54 Å². The van der Waals surface area contributed by atoms with E-state index < -0.39 is 0 Å². The van der Waals surface area contributed by atoms with Crippen molar-refractivity contribution in [3.05, 3.63) is 36.0 Å². The Morgan fingerprint density at radius 1 is 1.26 bits per heavy atom. The second kappa shape index (κ2) is 4.76. The number of aromatic nitrogens is 1. The predicted octanol–water partition coefficient (Wildman–Crippen LogP) is 1.18. The zero-order chi connectivity index (χ0) is 13.2. The number of nitrogens with one attached hydrogen (secondary N) is 3. The number of fused-ring (bicyclic) bond motifs is 1. The number of hydrogen-bond acceptors (Lipinski definition) is 2. The molecule has 0 atom stereocenters. The predicted molar refractivity (Wildman–Crippen MR) is 71.8 cm³/mol. The summed E-state index contributed by atoms with van der Waals surface area (Å²) in [5.74, 6) is -0.353. The zero-order valence-electron chi connectivity index (χ0n) is 10.4. The van der Waals surface area contributed by atoms with E-state index in [9.17, 15) is 9.59 Å². The molecule has 19 heavy (non-hydrogen) atoms. The van der Waals surface area contributed by atoms with Crippen LogP contribution in [0, 0.1) is 0 Å². The van der Waals surface area contributed by atoms with Crippen molar-refractivity contribution >= 4 is 22.7 Å². The minimum Gasteiger partial charge on any atom is -0.361 e. The van der Waals surface area contributed by atoms with Crippen LogP contribution in [0.2, 0.25) is 0 Å². The molecule has 1 fully saturated rings. The molecular formula is C14H15N3O2. The minimum atomic E-state index is -0.226. The van der Waals surface area contributed by atoms with Crippen LogP contribution in [0.4, 0.5) is 0 Å². The molecule has 0 unspecified atom stereocenters. The van der Waals surface area contributed by atoms with E-state index in [4.69, 9.17) is 0 Å². The van der Waals surface area contributed by atoms with Crippen LogP contribution in [0.1, 0.15) is 23.2 Å². The van der Waals surface area contributed by atoms with E-state index in [2.05, 4.69) is 15.6 Å². The number of hydrogen-bond donors (Lipinski definition) is 3. The van der Waals surface area contributed by atoms with Gasteiger partial charge in [0.1, 0.15) is 0 Å². The number of H-pyrrole nitrogens is 1. The molecule has 1 aromatic carbocycles. The Bertz CT molecular complexity index is 628. The fraction of sp³-hybridized carbons (Fsp3) is 0.286. The third-order valence-electron chi connectivity index (χ3n) is 3.19. The van der Waals surface area contributed by atoms with Crippen molar-refractivity contribution in [2.24, 2.45) is 0 Å². The Morgan fingerprint density at radius 2 is 2.11 bits per heavy atom. The van der Waals surface area contributed by atoms with Crippen molar-refractivity contribution in [3.8, 4) is 0 Å². The SMILES string of the molecule is O=C(CNC(=O)c1cccc2[nH]ccc12)NC1CC1. The van der Waals surface area contributed by atoms with Gasteiger partial charge in [0.05, 0.1) is 6.54 Å². The van der Waals surface area contributed by atoms with E-state index in [1.165, 1.54) is 0 Å². The van der Waals surface area contributed by atoms with Crippen molar-refractivity contribution < 1.29 is 9.59 Å². The maximum absolute atomic E-state index is 12.1. The molecule has 0 bridgehead atoms. The van der Waals surface area contributed by atoms with Crippen molar-refractivity contribution in [2.45, 2.75) is 18.9 Å². The molecule has 0 aliphatic heterocycles. The van der Waals surface area contributed by atoms with E-state index in [0.717, 1.165) is 23.7 Å². The van der Waals surface area contributed by atoms with Gasteiger partial charge in [-0.05, 0) is 31.0 Å². The highest BCUT2D eigenvalue weighted by molar-refractivity contribution is 6.07. The summed E-state index contributed by atoms with van der Waals surface area (Å²) in [6.45, 7) is 0.0240. The molecule has 2 amide bonds. The minimum absolute atomic E-state index is 0.0240. The fourth-order valence-corrected chi connectivity index (χ4v) is 2.05. The van der Waals surface area contributed by atoms with Gasteiger partial charge in [0.2, 0.25) is 5.91 Å². The maximum Gasteiger partial charge on any atom is 0.252 e. The van der Waals surface area contributed by atoms with Gasteiger partial charge in [0.25, 0.3) is 5.91 Å². The topological polar surface area (TPSA) is 74.0 Å². The molecule has 2 aromatic rings. The highest BCUT2D eigenvalue weighted by atomic mass is 16.2. The molecule has 3 rings (SSSR count). The lowest BCUT2D eigenvalue weighted by Gasteiger charge is -2.06. The summed E-state index contributed by atoms with van der Waals surface area (Å²) in [7, 11) is 0. The lowest BCUT2D eigenvalue weighted by molar-refractivity contribution is -0.120. The standard InChI is InChI=1S/C14H15N3O2/c18-13(17-9-4-5-9)8-16-14(19)11-2-1-3-12-10(11)6-7-15-12/h1-3,6-7,9,15H,4-5,8H2,(H,16,19)(H,17,18). The Morgan fingerprint density at radius 3 is 2.89 bits per heavy atom. The summed E-state index contributed by atoms with van der Waals surface area (Å²) >= 11 is 0. The second-order valence-corrected chi connectivity index (χ2v) is 4.77. The highest BCUT2D eigenvalue weighted by Crippen LogP contribution is 2.18. The average molecular weight is 257 g/mol. The average Bonchev–Trinajstić information content (AvgIpc) is 3.08. The summed E-state index contributed by atoms with van der Waals surface area (Å²) in [4.78, 5) is 26.6. The van der Waals surface area contributed by atoms with Crippen molar-refractivity contribution in [1.29, 1.82) is 0 Å². The maximum atomic E-state index is 12.1. The molecule has 1 saturated carbocycles. The molecule has 5 nitrogen and oxygen atoms in total. The molecule has 1 aliphatic rings. The van der Waals surface area contributed by atoms with Crippen LogP contribution < -0.4 is 10.6 Å². The fourth-order valence-electron chi connectivity index (χ4n) is 2.05. The number of carbonyl (C=O) groups is 2. The first kappa shape index (κ1) is 11.8. The Kier molecular flexibility index (Phi) is 2.95. The molecule has 1 aliphatic carbocycles. The molecule has 98 valence electrons. The van der Waals surface area contributed by atoms with Gasteiger partial charge < -0.3 is 15.6 Å². The molecule has 1 aromatic heterocycles. The van der Waals surface area contributed by atoms with Crippen LogP contribution in [-0.4, -0.2) is 29.4 Å². The highest BCUT2D eigenvalue weighted by Gasteiger charge is 2.23. The normalized spacial score (nSPS) is 14.3. The van der Waals surface area contributed by atoms with Gasteiger partial charge in [-0.1, -0.05) is 6.07 Å². The molecule has 3 N–H and O–H groups in total. The van der Waals surface area contributed by atoms with E-state index >= 15 is 0 Å². The van der Waals surface area contributed by atoms with Gasteiger partial charge in [-0.25, -0.2) is 0 Å². The first-order chi connectivity index (χ1) is 9.24. The Balaban J connectivity index is 1.66. The van der Waals surface area contributed by atoms with E-state index in [1.807, 2.05) is 18.2 Å². The summed E-state index contributed by atoms with van der Waals surface area (Å²) in [5.41, 5.74) is 1.49. The zero-order valence-corrected chi connectivity index (χ0v) is 10.4. The summed E-state index contributed by atoms with van der Waals surface area (Å²) in [6.07, 6.45) is 3.88. The van der Waals surface area contributed by atoms with Gasteiger partial charge in [-0.15, -0.1) is 0 Å². The first-order valence-corrected chi connectivity index (χ1v) is 6.38. The van der Waals surface area contributed by atoms with Crippen molar-refractivity contribution in [1.82, 2.24) is 15.6 Å². The lowest BCUT2D eigenvalue weighted by Crippen LogP contribution is -2.37. The van der Waals surface area contributed by atoms with Gasteiger partial charge in [-0.2, -0.15) is 0 Å². The number of aromatic amines is 1. The van der Waals surface area contributed by atoms with Gasteiger partial charge >= 0.3 is 0 Å². The first-order valence-electron chi connectivity index (χ1n) is 6.38.